The van der Waals surface area contributed by atoms with E-state index in [1.54, 1.807) is 12.4 Å². The van der Waals surface area contributed by atoms with Crippen molar-refractivity contribution in [2.75, 3.05) is 18.0 Å². The fourth-order valence-electron chi connectivity index (χ4n) is 3.40. The number of ether oxygens (including phenoxy) is 1. The lowest BCUT2D eigenvalue weighted by molar-refractivity contribution is 0.223. The molecule has 0 aromatic carbocycles. The van der Waals surface area contributed by atoms with Gasteiger partial charge in [0.2, 0.25) is 0 Å². The van der Waals surface area contributed by atoms with E-state index in [2.05, 4.69) is 36.9 Å². The SMILES string of the molecule is Brc1cnccc1OC1CCN(c2nccn3nc(C4CC4)cc23)C1. The van der Waals surface area contributed by atoms with Gasteiger partial charge in [-0.1, -0.05) is 0 Å². The van der Waals surface area contributed by atoms with Gasteiger partial charge in [0.05, 0.1) is 16.7 Å². The normalized spacial score (nSPS) is 20.4. The summed E-state index contributed by atoms with van der Waals surface area (Å²) < 4.78 is 8.99. The Kier molecular flexibility index (Phi) is 3.62. The molecule has 1 saturated carbocycles. The standard InChI is InChI=1S/C18H18BrN5O/c19-14-10-20-5-3-17(14)25-13-4-7-23(11-13)18-16-9-15(12-1-2-12)22-24(16)8-6-21-18/h3,5-6,8-10,12-13H,1-2,4,7,11H2. The number of nitrogens with zero attached hydrogens (tertiary/aromatic N) is 5. The first-order chi connectivity index (χ1) is 12.3. The van der Waals surface area contributed by atoms with Gasteiger partial charge in [0, 0.05) is 43.7 Å². The Hall–Kier alpha value is -2.15. The molecule has 0 amide bonds. The molecule has 3 aromatic rings. The fourth-order valence-corrected chi connectivity index (χ4v) is 3.75. The smallest absolute Gasteiger partial charge is 0.154 e. The molecule has 3 aromatic heterocycles. The maximum absolute atomic E-state index is 6.14. The van der Waals surface area contributed by atoms with Crippen LogP contribution in [-0.2, 0) is 0 Å². The molecule has 1 saturated heterocycles. The first-order valence-electron chi connectivity index (χ1n) is 8.63. The van der Waals surface area contributed by atoms with Crippen molar-refractivity contribution in [2.24, 2.45) is 0 Å². The number of fused-ring (bicyclic) bond motifs is 1. The van der Waals surface area contributed by atoms with Gasteiger partial charge in [0.25, 0.3) is 0 Å². The minimum Gasteiger partial charge on any atom is -0.487 e. The van der Waals surface area contributed by atoms with E-state index in [9.17, 15) is 0 Å². The van der Waals surface area contributed by atoms with Gasteiger partial charge in [-0.2, -0.15) is 5.10 Å². The van der Waals surface area contributed by atoms with Crippen LogP contribution in [0, 0.1) is 0 Å². The average molecular weight is 400 g/mol. The average Bonchev–Trinajstić information content (AvgIpc) is 3.21. The molecule has 0 radical (unpaired) electrons. The Morgan fingerprint density at radius 1 is 1.20 bits per heavy atom. The van der Waals surface area contributed by atoms with Gasteiger partial charge >= 0.3 is 0 Å². The number of rotatable bonds is 4. The minimum absolute atomic E-state index is 0.145. The number of pyridine rings is 1. The maximum Gasteiger partial charge on any atom is 0.154 e. The number of anilines is 1. The molecule has 1 unspecified atom stereocenters. The third-order valence-corrected chi connectivity index (χ3v) is 5.45. The highest BCUT2D eigenvalue weighted by atomic mass is 79.9. The van der Waals surface area contributed by atoms with Crippen LogP contribution in [0.25, 0.3) is 5.52 Å². The fraction of sp³-hybridized carbons (Fsp3) is 0.389. The van der Waals surface area contributed by atoms with Crippen molar-refractivity contribution in [1.29, 1.82) is 0 Å². The van der Waals surface area contributed by atoms with E-state index in [1.807, 2.05) is 23.0 Å². The summed E-state index contributed by atoms with van der Waals surface area (Å²) in [5.41, 5.74) is 2.29. The zero-order valence-corrected chi connectivity index (χ0v) is 15.3. The molecule has 6 nitrogen and oxygen atoms in total. The second kappa shape index (κ2) is 5.98. The first-order valence-corrected chi connectivity index (χ1v) is 9.42. The van der Waals surface area contributed by atoms with Crippen molar-refractivity contribution in [3.05, 3.63) is 47.1 Å². The van der Waals surface area contributed by atoms with Gasteiger partial charge in [-0.3, -0.25) is 4.98 Å². The predicted octanol–water partition coefficient (Wildman–Crippen LogP) is 3.42. The third kappa shape index (κ3) is 2.86. The van der Waals surface area contributed by atoms with E-state index >= 15 is 0 Å². The number of halogens is 1. The van der Waals surface area contributed by atoms with Crippen molar-refractivity contribution in [3.8, 4) is 5.75 Å². The summed E-state index contributed by atoms with van der Waals surface area (Å²) in [7, 11) is 0. The highest BCUT2D eigenvalue weighted by molar-refractivity contribution is 9.10. The van der Waals surface area contributed by atoms with Crippen molar-refractivity contribution >= 4 is 27.3 Å². The molecule has 4 heterocycles. The van der Waals surface area contributed by atoms with E-state index in [0.717, 1.165) is 41.1 Å². The van der Waals surface area contributed by atoms with Crippen molar-refractivity contribution < 1.29 is 4.74 Å². The lowest BCUT2D eigenvalue weighted by atomic mass is 10.3. The van der Waals surface area contributed by atoms with Gasteiger partial charge in [0.1, 0.15) is 17.4 Å². The maximum atomic E-state index is 6.14. The molecule has 128 valence electrons. The second-order valence-corrected chi connectivity index (χ2v) is 7.56. The van der Waals surface area contributed by atoms with Crippen LogP contribution in [0.15, 0.2) is 41.4 Å². The van der Waals surface area contributed by atoms with E-state index < -0.39 is 0 Å². The lowest BCUT2D eigenvalue weighted by Gasteiger charge is -2.19. The summed E-state index contributed by atoms with van der Waals surface area (Å²) in [6.45, 7) is 1.76. The zero-order valence-electron chi connectivity index (χ0n) is 13.7. The molecule has 2 fully saturated rings. The summed E-state index contributed by atoms with van der Waals surface area (Å²) in [5.74, 6) is 2.49. The van der Waals surface area contributed by atoms with Gasteiger partial charge in [-0.25, -0.2) is 9.50 Å². The number of hydrogen-bond acceptors (Lipinski definition) is 5. The Morgan fingerprint density at radius 2 is 2.12 bits per heavy atom. The van der Waals surface area contributed by atoms with Crippen LogP contribution in [-0.4, -0.2) is 38.8 Å². The lowest BCUT2D eigenvalue weighted by Crippen LogP contribution is -2.25. The Labute approximate surface area is 154 Å². The minimum atomic E-state index is 0.145. The Balaban J connectivity index is 1.38. The largest absolute Gasteiger partial charge is 0.487 e. The highest BCUT2D eigenvalue weighted by Gasteiger charge is 2.30. The number of aromatic nitrogens is 4. The molecule has 5 rings (SSSR count). The molecule has 1 aliphatic heterocycles. The monoisotopic (exact) mass is 399 g/mol. The van der Waals surface area contributed by atoms with E-state index in [0.29, 0.717) is 5.92 Å². The van der Waals surface area contributed by atoms with E-state index in [-0.39, 0.29) is 6.10 Å². The van der Waals surface area contributed by atoms with Crippen molar-refractivity contribution in [3.63, 3.8) is 0 Å². The van der Waals surface area contributed by atoms with Crippen LogP contribution < -0.4 is 9.64 Å². The molecule has 0 N–H and O–H groups in total. The van der Waals surface area contributed by atoms with Gasteiger partial charge in [0.15, 0.2) is 5.82 Å². The summed E-state index contributed by atoms with van der Waals surface area (Å²) in [6.07, 6.45) is 10.9. The topological polar surface area (TPSA) is 55.5 Å². The molecule has 25 heavy (non-hydrogen) atoms. The molecular weight excluding hydrogens is 382 g/mol. The van der Waals surface area contributed by atoms with Crippen LogP contribution in [0.1, 0.15) is 30.9 Å². The van der Waals surface area contributed by atoms with Crippen molar-refractivity contribution in [2.45, 2.75) is 31.3 Å². The van der Waals surface area contributed by atoms with Gasteiger partial charge in [-0.15, -0.1) is 0 Å². The quantitative estimate of drug-likeness (QED) is 0.672. The van der Waals surface area contributed by atoms with Crippen LogP contribution in [0.5, 0.6) is 5.75 Å². The summed E-state index contributed by atoms with van der Waals surface area (Å²) in [6, 6.07) is 4.10. The molecule has 7 heteroatoms. The predicted molar refractivity (Wildman–Crippen MR) is 98.1 cm³/mol. The van der Waals surface area contributed by atoms with Crippen LogP contribution in [0.2, 0.25) is 0 Å². The van der Waals surface area contributed by atoms with Crippen LogP contribution >= 0.6 is 15.9 Å². The van der Waals surface area contributed by atoms with Gasteiger partial charge < -0.3 is 9.64 Å². The van der Waals surface area contributed by atoms with E-state index in [4.69, 9.17) is 9.84 Å². The van der Waals surface area contributed by atoms with Gasteiger partial charge in [-0.05, 0) is 40.9 Å². The Morgan fingerprint density at radius 3 is 2.96 bits per heavy atom. The summed E-state index contributed by atoms with van der Waals surface area (Å²) >= 11 is 3.49. The number of hydrogen-bond donors (Lipinski definition) is 0. The van der Waals surface area contributed by atoms with Crippen molar-refractivity contribution in [1.82, 2.24) is 19.6 Å². The zero-order chi connectivity index (χ0) is 16.8. The molecular formula is C18H18BrN5O. The molecule has 1 atom stereocenters. The van der Waals surface area contributed by atoms with Crippen LogP contribution in [0.3, 0.4) is 0 Å². The van der Waals surface area contributed by atoms with E-state index in [1.165, 1.54) is 18.5 Å². The second-order valence-electron chi connectivity index (χ2n) is 6.70. The summed E-state index contributed by atoms with van der Waals surface area (Å²) in [5, 5.41) is 4.71. The Bertz CT molecular complexity index is 923. The third-order valence-electron chi connectivity index (χ3n) is 4.86. The molecule has 2 aliphatic rings. The highest BCUT2D eigenvalue weighted by Crippen LogP contribution is 2.40. The molecule has 0 spiro atoms. The molecule has 0 bridgehead atoms. The first kappa shape index (κ1) is 15.1. The van der Waals surface area contributed by atoms with Crippen LogP contribution in [0.4, 0.5) is 5.82 Å². The molecule has 1 aliphatic carbocycles. The summed E-state index contributed by atoms with van der Waals surface area (Å²) in [4.78, 5) is 11.0.